The van der Waals surface area contributed by atoms with Gasteiger partial charge in [-0.05, 0) is 22.4 Å². The number of fused-ring (bicyclic) bond motifs is 2. The van der Waals surface area contributed by atoms with Gasteiger partial charge in [0.15, 0.2) is 0 Å². The molecule has 0 aliphatic carbocycles. The average Bonchev–Trinajstić information content (AvgIpc) is 2.91. The Morgan fingerprint density at radius 1 is 0.750 bits per heavy atom. The number of hydrogen-bond acceptors (Lipinski definition) is 1. The Hall–Kier alpha value is -2.61. The highest BCUT2D eigenvalue weighted by Gasteiger charge is 2.05. The predicted molar refractivity (Wildman–Crippen MR) is 82.8 cm³/mol. The fourth-order valence-electron chi connectivity index (χ4n) is 2.74. The summed E-state index contributed by atoms with van der Waals surface area (Å²) in [5, 5.41) is 8.28. The number of rotatable bonds is 2. The summed E-state index contributed by atoms with van der Waals surface area (Å²) in [5.41, 5.74) is 2.48. The van der Waals surface area contributed by atoms with Gasteiger partial charge < -0.3 is 0 Å². The zero-order chi connectivity index (χ0) is 13.4. The van der Waals surface area contributed by atoms with Gasteiger partial charge in [0.1, 0.15) is 0 Å². The third kappa shape index (κ3) is 1.77. The highest BCUT2D eigenvalue weighted by molar-refractivity contribution is 5.86. The quantitative estimate of drug-likeness (QED) is 0.526. The summed E-state index contributed by atoms with van der Waals surface area (Å²) < 4.78 is 2.07. The number of para-hydroxylation sites is 1. The molecule has 0 amide bonds. The Bertz CT molecular complexity index is 885. The highest BCUT2D eigenvalue weighted by Crippen LogP contribution is 2.21. The average molecular weight is 258 g/mol. The summed E-state index contributed by atoms with van der Waals surface area (Å²) in [6, 6.07) is 23.3. The van der Waals surface area contributed by atoms with E-state index in [0.29, 0.717) is 0 Å². The van der Waals surface area contributed by atoms with E-state index in [1.807, 2.05) is 12.3 Å². The van der Waals surface area contributed by atoms with E-state index < -0.39 is 0 Å². The van der Waals surface area contributed by atoms with Crippen LogP contribution in [0.15, 0.2) is 72.9 Å². The normalized spacial score (nSPS) is 11.2. The second kappa shape index (κ2) is 4.49. The molecular formula is C18H14N2. The van der Waals surface area contributed by atoms with Gasteiger partial charge >= 0.3 is 0 Å². The van der Waals surface area contributed by atoms with E-state index in [1.54, 1.807) is 0 Å². The first kappa shape index (κ1) is 11.2. The van der Waals surface area contributed by atoms with E-state index in [1.165, 1.54) is 27.2 Å². The fraction of sp³-hybridized carbons (Fsp3) is 0.0556. The molecule has 0 saturated carbocycles. The van der Waals surface area contributed by atoms with Crippen molar-refractivity contribution in [3.05, 3.63) is 78.5 Å². The molecule has 0 aliphatic rings. The standard InChI is InChI=1S/C18H14N2/c1-3-10-17-14(6-1)8-5-9-16(17)13-20-18-11-4-2-7-15(18)12-19-20/h1-12H,13H2. The lowest BCUT2D eigenvalue weighted by Crippen LogP contribution is -2.01. The van der Waals surface area contributed by atoms with Crippen LogP contribution in [-0.2, 0) is 6.54 Å². The lowest BCUT2D eigenvalue weighted by Gasteiger charge is -2.08. The van der Waals surface area contributed by atoms with Crippen LogP contribution < -0.4 is 0 Å². The highest BCUT2D eigenvalue weighted by atomic mass is 15.3. The van der Waals surface area contributed by atoms with Gasteiger partial charge in [-0.15, -0.1) is 0 Å². The van der Waals surface area contributed by atoms with Gasteiger partial charge in [0.05, 0.1) is 18.3 Å². The van der Waals surface area contributed by atoms with Gasteiger partial charge in [-0.3, -0.25) is 4.68 Å². The van der Waals surface area contributed by atoms with Crippen molar-refractivity contribution in [3.63, 3.8) is 0 Å². The molecule has 0 bridgehead atoms. The molecule has 0 saturated heterocycles. The third-order valence-electron chi connectivity index (χ3n) is 3.75. The second-order valence-corrected chi connectivity index (χ2v) is 5.00. The van der Waals surface area contributed by atoms with Crippen molar-refractivity contribution >= 4 is 21.7 Å². The number of nitrogens with zero attached hydrogens (tertiary/aromatic N) is 2. The van der Waals surface area contributed by atoms with Crippen LogP contribution in [0.25, 0.3) is 21.7 Å². The van der Waals surface area contributed by atoms with Gasteiger partial charge in [-0.1, -0.05) is 60.7 Å². The summed E-state index contributed by atoms with van der Waals surface area (Å²) in [7, 11) is 0. The molecular weight excluding hydrogens is 244 g/mol. The first-order valence-electron chi connectivity index (χ1n) is 6.79. The smallest absolute Gasteiger partial charge is 0.0686 e. The minimum atomic E-state index is 0.800. The van der Waals surface area contributed by atoms with Crippen molar-refractivity contribution in [3.8, 4) is 0 Å². The molecule has 2 nitrogen and oxygen atoms in total. The van der Waals surface area contributed by atoms with E-state index >= 15 is 0 Å². The van der Waals surface area contributed by atoms with Crippen LogP contribution in [0.2, 0.25) is 0 Å². The van der Waals surface area contributed by atoms with Gasteiger partial charge in [0, 0.05) is 5.39 Å². The van der Waals surface area contributed by atoms with Crippen LogP contribution in [0.5, 0.6) is 0 Å². The molecule has 96 valence electrons. The monoisotopic (exact) mass is 258 g/mol. The molecule has 4 aromatic rings. The maximum Gasteiger partial charge on any atom is 0.0686 e. The van der Waals surface area contributed by atoms with E-state index in [9.17, 15) is 0 Å². The fourth-order valence-corrected chi connectivity index (χ4v) is 2.74. The zero-order valence-electron chi connectivity index (χ0n) is 11.0. The summed E-state index contributed by atoms with van der Waals surface area (Å²) in [5.74, 6) is 0. The maximum atomic E-state index is 4.51. The van der Waals surface area contributed by atoms with Gasteiger partial charge in [-0.2, -0.15) is 5.10 Å². The van der Waals surface area contributed by atoms with Crippen molar-refractivity contribution in [1.29, 1.82) is 0 Å². The van der Waals surface area contributed by atoms with Crippen LogP contribution in [0.1, 0.15) is 5.56 Å². The van der Waals surface area contributed by atoms with Crippen LogP contribution >= 0.6 is 0 Å². The molecule has 1 heterocycles. The first-order chi connectivity index (χ1) is 9.92. The third-order valence-corrected chi connectivity index (χ3v) is 3.75. The van der Waals surface area contributed by atoms with Crippen molar-refractivity contribution in [1.82, 2.24) is 9.78 Å². The van der Waals surface area contributed by atoms with E-state index in [4.69, 9.17) is 0 Å². The summed E-state index contributed by atoms with van der Waals surface area (Å²) in [6.45, 7) is 0.800. The molecule has 0 spiro atoms. The number of benzene rings is 3. The van der Waals surface area contributed by atoms with Crippen LogP contribution in [0.3, 0.4) is 0 Å². The molecule has 0 atom stereocenters. The van der Waals surface area contributed by atoms with Crippen LogP contribution in [-0.4, -0.2) is 9.78 Å². The summed E-state index contributed by atoms with van der Waals surface area (Å²) >= 11 is 0. The zero-order valence-corrected chi connectivity index (χ0v) is 11.0. The molecule has 2 heteroatoms. The maximum absolute atomic E-state index is 4.51. The van der Waals surface area contributed by atoms with E-state index in [-0.39, 0.29) is 0 Å². The number of hydrogen-bond donors (Lipinski definition) is 0. The van der Waals surface area contributed by atoms with Crippen LogP contribution in [0.4, 0.5) is 0 Å². The Morgan fingerprint density at radius 2 is 1.50 bits per heavy atom. The summed E-state index contributed by atoms with van der Waals surface area (Å²) in [4.78, 5) is 0. The first-order valence-corrected chi connectivity index (χ1v) is 6.79. The molecule has 1 aromatic heterocycles. The molecule has 20 heavy (non-hydrogen) atoms. The van der Waals surface area contributed by atoms with Gasteiger partial charge in [0.25, 0.3) is 0 Å². The SMILES string of the molecule is c1ccc2c(Cn3ncc4ccccc43)cccc2c1. The summed E-state index contributed by atoms with van der Waals surface area (Å²) in [6.07, 6.45) is 1.93. The molecule has 0 radical (unpaired) electrons. The Morgan fingerprint density at radius 3 is 2.45 bits per heavy atom. The largest absolute Gasteiger partial charge is 0.260 e. The van der Waals surface area contributed by atoms with E-state index in [2.05, 4.69) is 70.4 Å². The minimum absolute atomic E-state index is 0.800. The van der Waals surface area contributed by atoms with E-state index in [0.717, 1.165) is 6.54 Å². The molecule has 0 fully saturated rings. The van der Waals surface area contributed by atoms with Crippen LogP contribution in [0, 0.1) is 0 Å². The molecule has 3 aromatic carbocycles. The second-order valence-electron chi connectivity index (χ2n) is 5.00. The molecule has 0 N–H and O–H groups in total. The van der Waals surface area contributed by atoms with Crippen molar-refractivity contribution in [2.45, 2.75) is 6.54 Å². The predicted octanol–water partition coefficient (Wildman–Crippen LogP) is 4.24. The van der Waals surface area contributed by atoms with Gasteiger partial charge in [-0.25, -0.2) is 0 Å². The topological polar surface area (TPSA) is 17.8 Å². The van der Waals surface area contributed by atoms with Gasteiger partial charge in [0.2, 0.25) is 0 Å². The molecule has 0 unspecified atom stereocenters. The van der Waals surface area contributed by atoms with Crippen molar-refractivity contribution in [2.24, 2.45) is 0 Å². The molecule has 0 aliphatic heterocycles. The Labute approximate surface area is 117 Å². The van der Waals surface area contributed by atoms with Crippen molar-refractivity contribution < 1.29 is 0 Å². The lowest BCUT2D eigenvalue weighted by molar-refractivity contribution is 0.716. The Kier molecular flexibility index (Phi) is 2.52. The van der Waals surface area contributed by atoms with Crippen molar-refractivity contribution in [2.75, 3.05) is 0 Å². The minimum Gasteiger partial charge on any atom is -0.260 e. The molecule has 4 rings (SSSR count). The Balaban J connectivity index is 1.85. The lowest BCUT2D eigenvalue weighted by atomic mass is 10.0. The number of aromatic nitrogens is 2.